The van der Waals surface area contributed by atoms with E-state index in [9.17, 15) is 4.79 Å². The molecule has 3 aromatic rings. The lowest BCUT2D eigenvalue weighted by Crippen LogP contribution is -2.31. The number of nitrogens with one attached hydrogen (secondary N) is 1. The van der Waals surface area contributed by atoms with Crippen molar-refractivity contribution in [3.05, 3.63) is 77.3 Å². The minimum absolute atomic E-state index is 0.0431. The Morgan fingerprint density at radius 2 is 2.04 bits per heavy atom. The van der Waals surface area contributed by atoms with Gasteiger partial charge in [-0.1, -0.05) is 23.7 Å². The van der Waals surface area contributed by atoms with Crippen LogP contribution in [0.5, 0.6) is 5.75 Å². The van der Waals surface area contributed by atoms with E-state index in [1.165, 1.54) is 0 Å². The second kappa shape index (κ2) is 8.06. The summed E-state index contributed by atoms with van der Waals surface area (Å²) >= 11 is 5.98. The van der Waals surface area contributed by atoms with Gasteiger partial charge in [-0.2, -0.15) is 0 Å². The lowest BCUT2D eigenvalue weighted by Gasteiger charge is -2.15. The van der Waals surface area contributed by atoms with Gasteiger partial charge in [0.1, 0.15) is 5.75 Å². The molecular weight excluding hydrogens is 350 g/mol. The standard InChI is InChI=1S/C20H20ClN3O2/c1-14-11-18(7-8-19(14)21)26-12-20(25)23-15(2)16-3-5-17(6-4-16)24-10-9-22-13-24/h3-11,13,15H,12H2,1-2H3,(H,23,25)/t15-/m1/s1. The second-order valence-corrected chi connectivity index (χ2v) is 6.46. The van der Waals surface area contributed by atoms with Gasteiger partial charge in [0.25, 0.3) is 5.91 Å². The number of hydrogen-bond acceptors (Lipinski definition) is 3. The Bertz CT molecular complexity index is 877. The van der Waals surface area contributed by atoms with E-state index in [0.29, 0.717) is 10.8 Å². The van der Waals surface area contributed by atoms with Crippen LogP contribution in [0, 0.1) is 6.92 Å². The minimum Gasteiger partial charge on any atom is -0.484 e. The van der Waals surface area contributed by atoms with E-state index < -0.39 is 0 Å². The molecule has 26 heavy (non-hydrogen) atoms. The van der Waals surface area contributed by atoms with E-state index in [4.69, 9.17) is 16.3 Å². The third-order valence-electron chi connectivity index (χ3n) is 4.07. The average molecular weight is 370 g/mol. The van der Waals surface area contributed by atoms with Gasteiger partial charge in [-0.25, -0.2) is 4.98 Å². The molecule has 3 rings (SSSR count). The predicted octanol–water partition coefficient (Wildman–Crippen LogP) is 4.09. The van der Waals surface area contributed by atoms with Gasteiger partial charge in [0, 0.05) is 23.1 Å². The van der Waals surface area contributed by atoms with Crippen LogP contribution in [0.25, 0.3) is 5.69 Å². The highest BCUT2D eigenvalue weighted by atomic mass is 35.5. The molecule has 1 heterocycles. The number of carbonyl (C=O) groups is 1. The highest BCUT2D eigenvalue weighted by molar-refractivity contribution is 6.31. The maximum Gasteiger partial charge on any atom is 0.258 e. The number of benzene rings is 2. The Kier molecular flexibility index (Phi) is 5.58. The van der Waals surface area contributed by atoms with Crippen LogP contribution in [0.1, 0.15) is 24.1 Å². The van der Waals surface area contributed by atoms with E-state index >= 15 is 0 Å². The van der Waals surface area contributed by atoms with E-state index in [0.717, 1.165) is 16.8 Å². The Morgan fingerprint density at radius 1 is 1.27 bits per heavy atom. The summed E-state index contributed by atoms with van der Waals surface area (Å²) in [5.74, 6) is 0.447. The zero-order valence-corrected chi connectivity index (χ0v) is 15.4. The van der Waals surface area contributed by atoms with Gasteiger partial charge in [-0.15, -0.1) is 0 Å². The molecule has 0 aliphatic rings. The zero-order valence-electron chi connectivity index (χ0n) is 14.6. The average Bonchev–Trinajstić information content (AvgIpc) is 3.17. The van der Waals surface area contributed by atoms with Gasteiger partial charge in [0.2, 0.25) is 0 Å². The molecule has 0 bridgehead atoms. The van der Waals surface area contributed by atoms with E-state index in [1.54, 1.807) is 24.7 Å². The lowest BCUT2D eigenvalue weighted by atomic mass is 10.1. The van der Waals surface area contributed by atoms with E-state index in [2.05, 4.69) is 10.3 Å². The normalized spacial score (nSPS) is 11.8. The Balaban J connectivity index is 1.54. The summed E-state index contributed by atoms with van der Waals surface area (Å²) < 4.78 is 7.45. The summed E-state index contributed by atoms with van der Waals surface area (Å²) in [6, 6.07) is 13.2. The maximum atomic E-state index is 12.1. The second-order valence-electron chi connectivity index (χ2n) is 6.05. The number of aromatic nitrogens is 2. The highest BCUT2D eigenvalue weighted by Crippen LogP contribution is 2.21. The third kappa shape index (κ3) is 4.43. The summed E-state index contributed by atoms with van der Waals surface area (Å²) in [5.41, 5.74) is 2.95. The number of imidazole rings is 1. The van der Waals surface area contributed by atoms with Crippen LogP contribution in [0.3, 0.4) is 0 Å². The Hall–Kier alpha value is -2.79. The molecular formula is C20H20ClN3O2. The molecule has 1 atom stereocenters. The fourth-order valence-electron chi connectivity index (χ4n) is 2.57. The van der Waals surface area contributed by atoms with Crippen molar-refractivity contribution in [2.24, 2.45) is 0 Å². The van der Waals surface area contributed by atoms with Crippen LogP contribution in [-0.4, -0.2) is 22.1 Å². The Labute approximate surface area is 157 Å². The maximum absolute atomic E-state index is 12.1. The first-order valence-electron chi connectivity index (χ1n) is 8.29. The largest absolute Gasteiger partial charge is 0.484 e. The van der Waals surface area contributed by atoms with Gasteiger partial charge in [-0.3, -0.25) is 4.79 Å². The topological polar surface area (TPSA) is 56.1 Å². The quantitative estimate of drug-likeness (QED) is 0.712. The number of hydrogen-bond donors (Lipinski definition) is 1. The molecule has 0 spiro atoms. The summed E-state index contributed by atoms with van der Waals surface area (Å²) in [5, 5.41) is 3.61. The van der Waals surface area contributed by atoms with Crippen LogP contribution >= 0.6 is 11.6 Å². The summed E-state index contributed by atoms with van der Waals surface area (Å²) in [6.07, 6.45) is 5.37. The Morgan fingerprint density at radius 3 is 2.69 bits per heavy atom. The number of carbonyl (C=O) groups excluding carboxylic acids is 1. The van der Waals surface area contributed by atoms with Gasteiger partial charge in [-0.05, 0) is 55.3 Å². The first-order valence-corrected chi connectivity index (χ1v) is 8.67. The fourth-order valence-corrected chi connectivity index (χ4v) is 2.69. The number of nitrogens with zero attached hydrogens (tertiary/aromatic N) is 2. The van der Waals surface area contributed by atoms with E-state index in [-0.39, 0.29) is 18.6 Å². The number of aryl methyl sites for hydroxylation is 1. The van der Waals surface area contributed by atoms with Crippen LogP contribution in [0.15, 0.2) is 61.2 Å². The van der Waals surface area contributed by atoms with E-state index in [1.807, 2.05) is 54.9 Å². The molecule has 1 N–H and O–H groups in total. The monoisotopic (exact) mass is 369 g/mol. The van der Waals surface area contributed by atoms with Crippen molar-refractivity contribution in [1.29, 1.82) is 0 Å². The number of rotatable bonds is 6. The minimum atomic E-state index is -0.177. The lowest BCUT2D eigenvalue weighted by molar-refractivity contribution is -0.123. The first-order chi connectivity index (χ1) is 12.5. The predicted molar refractivity (Wildman–Crippen MR) is 102 cm³/mol. The molecule has 0 saturated heterocycles. The molecule has 6 heteroatoms. The molecule has 0 aliphatic carbocycles. The van der Waals surface area contributed by atoms with Crippen molar-refractivity contribution in [2.75, 3.05) is 6.61 Å². The molecule has 0 radical (unpaired) electrons. The van der Waals surface area contributed by atoms with Gasteiger partial charge >= 0.3 is 0 Å². The molecule has 134 valence electrons. The smallest absolute Gasteiger partial charge is 0.258 e. The first kappa shape index (κ1) is 18.0. The van der Waals surface area contributed by atoms with Gasteiger partial charge in [0.15, 0.2) is 6.61 Å². The van der Waals surface area contributed by atoms with Crippen molar-refractivity contribution in [2.45, 2.75) is 19.9 Å². The van der Waals surface area contributed by atoms with Crippen molar-refractivity contribution in [1.82, 2.24) is 14.9 Å². The number of amides is 1. The van der Waals surface area contributed by atoms with Crippen LogP contribution in [-0.2, 0) is 4.79 Å². The molecule has 0 fully saturated rings. The summed E-state index contributed by atoms with van der Waals surface area (Å²) in [4.78, 5) is 16.2. The zero-order chi connectivity index (χ0) is 18.5. The van der Waals surface area contributed by atoms with Gasteiger partial charge in [0.05, 0.1) is 12.4 Å². The van der Waals surface area contributed by atoms with Crippen LogP contribution in [0.2, 0.25) is 5.02 Å². The SMILES string of the molecule is Cc1cc(OCC(=O)N[C@H](C)c2ccc(-n3ccnc3)cc2)ccc1Cl. The van der Waals surface area contributed by atoms with Crippen LogP contribution < -0.4 is 10.1 Å². The molecule has 5 nitrogen and oxygen atoms in total. The molecule has 0 saturated carbocycles. The number of halogens is 1. The van der Waals surface area contributed by atoms with Gasteiger partial charge < -0.3 is 14.6 Å². The summed E-state index contributed by atoms with van der Waals surface area (Å²) in [6.45, 7) is 3.79. The molecule has 0 aliphatic heterocycles. The van der Waals surface area contributed by atoms with Crippen molar-refractivity contribution in [3.8, 4) is 11.4 Å². The molecule has 0 unspecified atom stereocenters. The summed E-state index contributed by atoms with van der Waals surface area (Å²) in [7, 11) is 0. The fraction of sp³-hybridized carbons (Fsp3) is 0.200. The third-order valence-corrected chi connectivity index (χ3v) is 4.50. The van der Waals surface area contributed by atoms with Crippen molar-refractivity contribution >= 4 is 17.5 Å². The van der Waals surface area contributed by atoms with Crippen molar-refractivity contribution in [3.63, 3.8) is 0 Å². The molecule has 1 amide bonds. The highest BCUT2D eigenvalue weighted by Gasteiger charge is 2.11. The molecule has 2 aromatic carbocycles. The number of ether oxygens (including phenoxy) is 1. The molecule has 1 aromatic heterocycles. The van der Waals surface area contributed by atoms with Crippen molar-refractivity contribution < 1.29 is 9.53 Å². The van der Waals surface area contributed by atoms with Crippen LogP contribution in [0.4, 0.5) is 0 Å².